The molecule has 1 aromatic heterocycles. The molecule has 0 aliphatic carbocycles. The number of hydrogen-bond donors (Lipinski definition) is 1. The molecule has 128 valence electrons. The Labute approximate surface area is 155 Å². The van der Waals surface area contributed by atoms with Crippen LogP contribution in [0.5, 0.6) is 0 Å². The van der Waals surface area contributed by atoms with E-state index >= 15 is 0 Å². The van der Waals surface area contributed by atoms with Crippen LogP contribution in [0.4, 0.5) is 5.69 Å². The highest BCUT2D eigenvalue weighted by molar-refractivity contribution is 6.30. The summed E-state index contributed by atoms with van der Waals surface area (Å²) in [6, 6.07) is 20.0. The van der Waals surface area contributed by atoms with Gasteiger partial charge in [-0.2, -0.15) is 0 Å². The second-order valence-corrected chi connectivity index (χ2v) is 6.47. The van der Waals surface area contributed by atoms with Crippen LogP contribution >= 0.6 is 11.6 Å². The lowest BCUT2D eigenvalue weighted by atomic mass is 10.1. The number of aryl methyl sites for hydroxylation is 1. The van der Waals surface area contributed by atoms with E-state index in [0.717, 1.165) is 22.2 Å². The molecule has 0 bridgehead atoms. The number of nitrogens with one attached hydrogen (secondary N) is 1. The van der Waals surface area contributed by atoms with Gasteiger partial charge in [-0.15, -0.1) is 0 Å². The third-order valence-corrected chi connectivity index (χ3v) is 4.27. The van der Waals surface area contributed by atoms with Gasteiger partial charge in [-0.05, 0) is 67.1 Å². The summed E-state index contributed by atoms with van der Waals surface area (Å²) >= 11 is 5.86. The van der Waals surface area contributed by atoms with E-state index in [-0.39, 0.29) is 5.91 Å². The minimum absolute atomic E-state index is 0.202. The van der Waals surface area contributed by atoms with Gasteiger partial charge in [0.15, 0.2) is 5.58 Å². The van der Waals surface area contributed by atoms with Crippen molar-refractivity contribution in [3.63, 3.8) is 0 Å². The fourth-order valence-electron chi connectivity index (χ4n) is 2.70. The van der Waals surface area contributed by atoms with E-state index in [1.807, 2.05) is 49.4 Å². The second-order valence-electron chi connectivity index (χ2n) is 6.03. The first kappa shape index (κ1) is 16.4. The molecular weight excluding hydrogens is 348 g/mol. The minimum Gasteiger partial charge on any atom is -0.436 e. The van der Waals surface area contributed by atoms with Crippen molar-refractivity contribution in [1.29, 1.82) is 0 Å². The number of carbonyl (C=O) groups excluding carboxylic acids is 1. The Morgan fingerprint density at radius 1 is 1.04 bits per heavy atom. The zero-order valence-corrected chi connectivity index (χ0v) is 14.7. The second kappa shape index (κ2) is 6.65. The van der Waals surface area contributed by atoms with Gasteiger partial charge in [-0.3, -0.25) is 4.79 Å². The maximum Gasteiger partial charge on any atom is 0.255 e. The molecule has 1 heterocycles. The summed E-state index contributed by atoms with van der Waals surface area (Å²) in [6.07, 6.45) is 0. The molecule has 3 aromatic carbocycles. The van der Waals surface area contributed by atoms with Crippen LogP contribution < -0.4 is 5.32 Å². The van der Waals surface area contributed by atoms with Crippen molar-refractivity contribution in [2.75, 3.05) is 5.32 Å². The zero-order valence-electron chi connectivity index (χ0n) is 14.0. The van der Waals surface area contributed by atoms with E-state index in [4.69, 9.17) is 16.0 Å². The Hall–Kier alpha value is -3.11. The van der Waals surface area contributed by atoms with Crippen molar-refractivity contribution < 1.29 is 9.21 Å². The van der Waals surface area contributed by atoms with Gasteiger partial charge in [-0.1, -0.05) is 23.7 Å². The Balaban J connectivity index is 1.61. The number of oxazole rings is 1. The van der Waals surface area contributed by atoms with E-state index in [9.17, 15) is 4.79 Å². The molecule has 0 aliphatic rings. The number of halogens is 1. The first-order valence-electron chi connectivity index (χ1n) is 8.13. The van der Waals surface area contributed by atoms with E-state index in [1.54, 1.807) is 24.3 Å². The van der Waals surface area contributed by atoms with E-state index in [1.165, 1.54) is 0 Å². The highest BCUT2D eigenvalue weighted by Gasteiger charge is 2.11. The number of aromatic nitrogens is 1. The third kappa shape index (κ3) is 3.32. The largest absolute Gasteiger partial charge is 0.436 e. The lowest BCUT2D eigenvalue weighted by molar-refractivity contribution is 0.102. The minimum atomic E-state index is -0.202. The Morgan fingerprint density at radius 3 is 2.65 bits per heavy atom. The van der Waals surface area contributed by atoms with Crippen molar-refractivity contribution in [1.82, 2.24) is 4.98 Å². The number of hydrogen-bond acceptors (Lipinski definition) is 3. The monoisotopic (exact) mass is 362 g/mol. The van der Waals surface area contributed by atoms with E-state index in [2.05, 4.69) is 10.3 Å². The van der Waals surface area contributed by atoms with Gasteiger partial charge in [0.25, 0.3) is 5.91 Å². The van der Waals surface area contributed by atoms with Crippen LogP contribution in [0.1, 0.15) is 15.9 Å². The molecule has 26 heavy (non-hydrogen) atoms. The first-order valence-corrected chi connectivity index (χ1v) is 8.51. The quantitative estimate of drug-likeness (QED) is 0.508. The molecule has 4 nitrogen and oxygen atoms in total. The smallest absolute Gasteiger partial charge is 0.255 e. The summed E-state index contributed by atoms with van der Waals surface area (Å²) < 4.78 is 5.83. The van der Waals surface area contributed by atoms with Gasteiger partial charge in [0.1, 0.15) is 5.52 Å². The number of fused-ring (bicyclic) bond motifs is 1. The summed E-state index contributed by atoms with van der Waals surface area (Å²) in [5.74, 6) is 0.320. The molecule has 1 N–H and O–H groups in total. The predicted molar refractivity (Wildman–Crippen MR) is 104 cm³/mol. The van der Waals surface area contributed by atoms with Gasteiger partial charge in [0.05, 0.1) is 0 Å². The Bertz CT molecular complexity index is 1100. The van der Waals surface area contributed by atoms with Crippen molar-refractivity contribution in [2.24, 2.45) is 0 Å². The first-order chi connectivity index (χ1) is 12.6. The topological polar surface area (TPSA) is 55.1 Å². The molecule has 0 saturated heterocycles. The molecule has 0 spiro atoms. The fraction of sp³-hybridized carbons (Fsp3) is 0.0476. The van der Waals surface area contributed by atoms with Crippen LogP contribution in [0.25, 0.3) is 22.6 Å². The van der Waals surface area contributed by atoms with Crippen LogP contribution in [0.15, 0.2) is 71.1 Å². The molecule has 0 aliphatic heterocycles. The van der Waals surface area contributed by atoms with Crippen LogP contribution in [0, 0.1) is 6.92 Å². The van der Waals surface area contributed by atoms with Crippen molar-refractivity contribution in [3.8, 4) is 11.5 Å². The van der Waals surface area contributed by atoms with Crippen LogP contribution in [0.2, 0.25) is 5.02 Å². The maximum atomic E-state index is 12.4. The molecule has 1 amide bonds. The van der Waals surface area contributed by atoms with Gasteiger partial charge in [-0.25, -0.2) is 4.98 Å². The van der Waals surface area contributed by atoms with Crippen LogP contribution in [-0.2, 0) is 0 Å². The molecule has 0 radical (unpaired) electrons. The summed E-state index contributed by atoms with van der Waals surface area (Å²) in [6.45, 7) is 2.01. The van der Waals surface area contributed by atoms with Gasteiger partial charge in [0.2, 0.25) is 5.89 Å². The number of benzene rings is 3. The van der Waals surface area contributed by atoms with E-state index < -0.39 is 0 Å². The number of carbonyl (C=O) groups is 1. The molecule has 0 fully saturated rings. The highest BCUT2D eigenvalue weighted by Crippen LogP contribution is 2.27. The Morgan fingerprint density at radius 2 is 1.85 bits per heavy atom. The van der Waals surface area contributed by atoms with E-state index in [0.29, 0.717) is 22.2 Å². The van der Waals surface area contributed by atoms with Gasteiger partial charge < -0.3 is 9.73 Å². The normalized spacial score (nSPS) is 10.8. The predicted octanol–water partition coefficient (Wildman–Crippen LogP) is 5.71. The fourth-order valence-corrected chi connectivity index (χ4v) is 2.82. The number of rotatable bonds is 3. The number of nitrogens with zero attached hydrogens (tertiary/aromatic N) is 1. The standard InChI is InChI=1S/C21H15ClN2O2/c1-13-5-10-19-18(11-13)24-21(26-19)15-3-2-4-17(12-15)23-20(25)14-6-8-16(22)9-7-14/h2-12H,1H3,(H,23,25). The lowest BCUT2D eigenvalue weighted by Crippen LogP contribution is -2.11. The maximum absolute atomic E-state index is 12.4. The molecule has 4 aromatic rings. The zero-order chi connectivity index (χ0) is 18.1. The number of anilines is 1. The summed E-state index contributed by atoms with van der Waals surface area (Å²) in [7, 11) is 0. The van der Waals surface area contributed by atoms with Crippen LogP contribution in [0.3, 0.4) is 0 Å². The van der Waals surface area contributed by atoms with Crippen LogP contribution in [-0.4, -0.2) is 10.9 Å². The molecule has 0 saturated carbocycles. The molecule has 0 unspecified atom stereocenters. The summed E-state index contributed by atoms with van der Waals surface area (Å²) in [4.78, 5) is 16.9. The third-order valence-electron chi connectivity index (χ3n) is 4.02. The average molecular weight is 363 g/mol. The molecule has 0 atom stereocenters. The highest BCUT2D eigenvalue weighted by atomic mass is 35.5. The van der Waals surface area contributed by atoms with Gasteiger partial charge >= 0.3 is 0 Å². The average Bonchev–Trinajstić information content (AvgIpc) is 3.05. The Kier molecular flexibility index (Phi) is 4.19. The molecular formula is C21H15ClN2O2. The summed E-state index contributed by atoms with van der Waals surface area (Å²) in [5.41, 5.74) is 4.68. The molecule has 5 heteroatoms. The SMILES string of the molecule is Cc1ccc2oc(-c3cccc(NC(=O)c4ccc(Cl)cc4)c3)nc2c1. The molecule has 4 rings (SSSR count). The van der Waals surface area contributed by atoms with Crippen molar-refractivity contribution >= 4 is 34.3 Å². The number of amides is 1. The van der Waals surface area contributed by atoms with Gasteiger partial charge in [0, 0.05) is 21.8 Å². The lowest BCUT2D eigenvalue weighted by Gasteiger charge is -2.06. The van der Waals surface area contributed by atoms with Crippen molar-refractivity contribution in [2.45, 2.75) is 6.92 Å². The summed E-state index contributed by atoms with van der Waals surface area (Å²) in [5, 5.41) is 3.47. The van der Waals surface area contributed by atoms with Crippen molar-refractivity contribution in [3.05, 3.63) is 82.9 Å².